The lowest BCUT2D eigenvalue weighted by Gasteiger charge is -2.30. The van der Waals surface area contributed by atoms with Crippen molar-refractivity contribution < 1.29 is 9.53 Å². The summed E-state index contributed by atoms with van der Waals surface area (Å²) in [5.74, 6) is 0.635. The van der Waals surface area contributed by atoms with Gasteiger partial charge in [-0.15, -0.1) is 0 Å². The van der Waals surface area contributed by atoms with E-state index in [2.05, 4.69) is 26.0 Å². The summed E-state index contributed by atoms with van der Waals surface area (Å²) in [5, 5.41) is 0. The summed E-state index contributed by atoms with van der Waals surface area (Å²) in [6, 6.07) is 11.6. The molecule has 4 heteroatoms. The number of benzene rings is 2. The van der Waals surface area contributed by atoms with Crippen LogP contribution in [-0.4, -0.2) is 12.5 Å². The third-order valence-corrected chi connectivity index (χ3v) is 3.89. The number of nitrogen functional groups attached to an aromatic ring is 1. The van der Waals surface area contributed by atoms with E-state index in [1.54, 1.807) is 17.0 Å². The Bertz CT molecular complexity index is 690. The third-order valence-electron chi connectivity index (χ3n) is 3.89. The lowest BCUT2D eigenvalue weighted by atomic mass is 10.0. The molecule has 0 bridgehead atoms. The van der Waals surface area contributed by atoms with Crippen molar-refractivity contribution in [3.8, 4) is 5.75 Å². The molecule has 108 valence electrons. The lowest BCUT2D eigenvalue weighted by molar-refractivity contribution is -0.121. The van der Waals surface area contributed by atoms with Crippen molar-refractivity contribution in [3.05, 3.63) is 53.1 Å². The Morgan fingerprint density at radius 1 is 1.19 bits per heavy atom. The van der Waals surface area contributed by atoms with Crippen LogP contribution in [0.3, 0.4) is 0 Å². The number of carbonyl (C=O) groups excluding carboxylic acids is 1. The van der Waals surface area contributed by atoms with Gasteiger partial charge in [-0.1, -0.05) is 18.2 Å². The van der Waals surface area contributed by atoms with Gasteiger partial charge in [-0.3, -0.25) is 4.79 Å². The van der Waals surface area contributed by atoms with Crippen molar-refractivity contribution in [3.63, 3.8) is 0 Å². The van der Waals surface area contributed by atoms with Crippen molar-refractivity contribution in [1.29, 1.82) is 0 Å². The number of anilines is 2. The summed E-state index contributed by atoms with van der Waals surface area (Å²) in [7, 11) is 0. The van der Waals surface area contributed by atoms with Crippen LogP contribution in [0.4, 0.5) is 11.4 Å². The van der Waals surface area contributed by atoms with Crippen molar-refractivity contribution in [2.45, 2.75) is 20.4 Å². The second-order valence-electron chi connectivity index (χ2n) is 5.37. The van der Waals surface area contributed by atoms with Gasteiger partial charge in [0.1, 0.15) is 5.75 Å². The molecule has 0 aromatic heterocycles. The van der Waals surface area contributed by atoms with Gasteiger partial charge in [-0.2, -0.15) is 0 Å². The predicted octanol–water partition coefficient (Wildman–Crippen LogP) is 2.81. The predicted molar refractivity (Wildman–Crippen MR) is 83.5 cm³/mol. The summed E-state index contributed by atoms with van der Waals surface area (Å²) in [6.45, 7) is 4.74. The molecule has 21 heavy (non-hydrogen) atoms. The topological polar surface area (TPSA) is 55.6 Å². The Balaban J connectivity index is 2.01. The Hall–Kier alpha value is -2.49. The van der Waals surface area contributed by atoms with Gasteiger partial charge in [0.2, 0.25) is 0 Å². The van der Waals surface area contributed by atoms with Crippen molar-refractivity contribution in [1.82, 2.24) is 0 Å². The molecule has 3 rings (SSSR count). The van der Waals surface area contributed by atoms with Gasteiger partial charge in [0.15, 0.2) is 6.61 Å². The summed E-state index contributed by atoms with van der Waals surface area (Å²) in [6.07, 6.45) is 0. The van der Waals surface area contributed by atoms with E-state index in [9.17, 15) is 4.79 Å². The molecule has 1 aliphatic rings. The summed E-state index contributed by atoms with van der Waals surface area (Å²) >= 11 is 0. The minimum absolute atomic E-state index is 0.0325. The molecule has 0 fully saturated rings. The molecule has 0 radical (unpaired) electrons. The minimum atomic E-state index is -0.0325. The molecule has 2 N–H and O–H groups in total. The molecule has 0 saturated carbocycles. The zero-order valence-corrected chi connectivity index (χ0v) is 12.2. The highest BCUT2D eigenvalue weighted by molar-refractivity contribution is 5.98. The highest BCUT2D eigenvalue weighted by Gasteiger charge is 2.26. The molecule has 1 aliphatic heterocycles. The smallest absolute Gasteiger partial charge is 0.265 e. The van der Waals surface area contributed by atoms with Gasteiger partial charge >= 0.3 is 0 Å². The molecule has 1 amide bonds. The number of nitrogens with two attached hydrogens (primary N) is 1. The van der Waals surface area contributed by atoms with E-state index >= 15 is 0 Å². The van der Waals surface area contributed by atoms with Gasteiger partial charge in [0, 0.05) is 11.8 Å². The van der Waals surface area contributed by atoms with Crippen molar-refractivity contribution in [2.24, 2.45) is 0 Å². The number of amides is 1. The van der Waals surface area contributed by atoms with E-state index in [0.29, 0.717) is 18.0 Å². The number of carbonyl (C=O) groups is 1. The number of nitrogens with zero attached hydrogens (tertiary/aromatic N) is 1. The SMILES string of the molecule is Cc1cccc(C)c1CN1C(=O)COc2cc(N)ccc21. The van der Waals surface area contributed by atoms with Gasteiger partial charge in [0.25, 0.3) is 5.91 Å². The first-order valence-corrected chi connectivity index (χ1v) is 6.94. The molecule has 0 spiro atoms. The van der Waals surface area contributed by atoms with Gasteiger partial charge < -0.3 is 15.4 Å². The molecule has 0 atom stereocenters. The molecule has 2 aromatic carbocycles. The largest absolute Gasteiger partial charge is 0.481 e. The Morgan fingerprint density at radius 3 is 2.62 bits per heavy atom. The number of ether oxygens (including phenoxy) is 1. The Labute approximate surface area is 124 Å². The first-order chi connectivity index (χ1) is 10.1. The zero-order valence-electron chi connectivity index (χ0n) is 12.2. The number of aryl methyl sites for hydroxylation is 2. The van der Waals surface area contributed by atoms with Gasteiger partial charge in [-0.05, 0) is 42.7 Å². The fourth-order valence-electron chi connectivity index (χ4n) is 2.65. The van der Waals surface area contributed by atoms with Crippen LogP contribution < -0.4 is 15.4 Å². The number of hydrogen-bond donors (Lipinski definition) is 1. The molecule has 0 saturated heterocycles. The summed E-state index contributed by atoms with van der Waals surface area (Å²) in [5.41, 5.74) is 10.7. The van der Waals surface area contributed by atoms with Crippen LogP contribution >= 0.6 is 0 Å². The normalized spacial score (nSPS) is 13.8. The number of rotatable bonds is 2. The van der Waals surface area contributed by atoms with E-state index in [0.717, 1.165) is 5.69 Å². The van der Waals surface area contributed by atoms with Crippen LogP contribution in [0.5, 0.6) is 5.75 Å². The second kappa shape index (κ2) is 5.13. The van der Waals surface area contributed by atoms with E-state index in [-0.39, 0.29) is 12.5 Å². The molecule has 2 aromatic rings. The maximum absolute atomic E-state index is 12.2. The maximum atomic E-state index is 12.2. The number of hydrogen-bond acceptors (Lipinski definition) is 3. The average Bonchev–Trinajstić information content (AvgIpc) is 2.45. The van der Waals surface area contributed by atoms with E-state index in [1.807, 2.05) is 12.1 Å². The van der Waals surface area contributed by atoms with Crippen LogP contribution in [0.2, 0.25) is 0 Å². The van der Waals surface area contributed by atoms with E-state index in [1.165, 1.54) is 16.7 Å². The van der Waals surface area contributed by atoms with Gasteiger partial charge in [-0.25, -0.2) is 0 Å². The summed E-state index contributed by atoms with van der Waals surface area (Å²) < 4.78 is 5.47. The first-order valence-electron chi connectivity index (χ1n) is 6.94. The average molecular weight is 282 g/mol. The highest BCUT2D eigenvalue weighted by atomic mass is 16.5. The van der Waals surface area contributed by atoms with Crippen LogP contribution in [0.15, 0.2) is 36.4 Å². The van der Waals surface area contributed by atoms with Crippen molar-refractivity contribution >= 4 is 17.3 Å². The number of fused-ring (bicyclic) bond motifs is 1. The quantitative estimate of drug-likeness (QED) is 0.862. The molecular formula is C17H18N2O2. The second-order valence-corrected chi connectivity index (χ2v) is 5.37. The molecule has 1 heterocycles. The summed E-state index contributed by atoms with van der Waals surface area (Å²) in [4.78, 5) is 14.0. The standard InChI is InChI=1S/C17H18N2O2/c1-11-4-3-5-12(2)14(11)9-19-15-7-6-13(18)8-16(15)21-10-17(19)20/h3-8H,9-10,18H2,1-2H3. The van der Waals surface area contributed by atoms with E-state index < -0.39 is 0 Å². The molecule has 0 unspecified atom stereocenters. The van der Waals surface area contributed by atoms with Crippen LogP contribution in [0.1, 0.15) is 16.7 Å². The first kappa shape index (κ1) is 13.5. The molecule has 4 nitrogen and oxygen atoms in total. The van der Waals surface area contributed by atoms with Crippen LogP contribution in [-0.2, 0) is 11.3 Å². The fraction of sp³-hybridized carbons (Fsp3) is 0.235. The Kier molecular flexibility index (Phi) is 3.29. The molecular weight excluding hydrogens is 264 g/mol. The third kappa shape index (κ3) is 2.44. The lowest BCUT2D eigenvalue weighted by Crippen LogP contribution is -2.38. The van der Waals surface area contributed by atoms with Crippen LogP contribution in [0, 0.1) is 13.8 Å². The highest BCUT2D eigenvalue weighted by Crippen LogP contribution is 2.35. The van der Waals surface area contributed by atoms with Crippen molar-refractivity contribution in [2.75, 3.05) is 17.2 Å². The minimum Gasteiger partial charge on any atom is -0.481 e. The monoisotopic (exact) mass is 282 g/mol. The van der Waals surface area contributed by atoms with Crippen LogP contribution in [0.25, 0.3) is 0 Å². The Morgan fingerprint density at radius 2 is 1.90 bits per heavy atom. The maximum Gasteiger partial charge on any atom is 0.265 e. The van der Waals surface area contributed by atoms with Gasteiger partial charge in [0.05, 0.1) is 12.2 Å². The van der Waals surface area contributed by atoms with E-state index in [4.69, 9.17) is 10.5 Å². The zero-order chi connectivity index (χ0) is 15.0. The fourth-order valence-corrected chi connectivity index (χ4v) is 2.65. The molecule has 0 aliphatic carbocycles.